The molecule has 0 saturated heterocycles. The summed E-state index contributed by atoms with van der Waals surface area (Å²) in [4.78, 5) is 12.6. The van der Waals surface area contributed by atoms with Gasteiger partial charge in [-0.15, -0.1) is 12.4 Å². The molecule has 0 spiro atoms. The molecular weight excluding hydrogens is 372 g/mol. The zero-order valence-corrected chi connectivity index (χ0v) is 17.6. The smallest absolute Gasteiger partial charge is 0.223 e. The molecule has 4 nitrogen and oxygen atoms in total. The average molecular weight is 403 g/mol. The van der Waals surface area contributed by atoms with Gasteiger partial charge in [0.25, 0.3) is 0 Å². The first-order valence-electron chi connectivity index (χ1n) is 9.97. The van der Waals surface area contributed by atoms with Gasteiger partial charge in [-0.2, -0.15) is 0 Å². The van der Waals surface area contributed by atoms with E-state index in [1.807, 2.05) is 38.2 Å². The van der Waals surface area contributed by atoms with E-state index >= 15 is 0 Å². The molecule has 5 heteroatoms. The Kier molecular flexibility index (Phi) is 8.81. The molecule has 0 bridgehead atoms. The molecule has 28 heavy (non-hydrogen) atoms. The summed E-state index contributed by atoms with van der Waals surface area (Å²) in [5, 5.41) is 6.46. The van der Waals surface area contributed by atoms with Crippen molar-refractivity contribution < 1.29 is 9.53 Å². The third-order valence-corrected chi connectivity index (χ3v) is 5.43. The van der Waals surface area contributed by atoms with Gasteiger partial charge in [-0.25, -0.2) is 0 Å². The normalized spacial score (nSPS) is 18.8. The van der Waals surface area contributed by atoms with Gasteiger partial charge in [-0.05, 0) is 62.9 Å². The Hall–Kier alpha value is -2.04. The molecule has 0 aliphatic heterocycles. The van der Waals surface area contributed by atoms with Gasteiger partial charge in [0, 0.05) is 24.1 Å². The summed E-state index contributed by atoms with van der Waals surface area (Å²) < 4.78 is 5.77. The van der Waals surface area contributed by atoms with Crippen molar-refractivity contribution in [1.82, 2.24) is 10.6 Å². The van der Waals surface area contributed by atoms with Crippen molar-refractivity contribution in [3.8, 4) is 16.9 Å². The monoisotopic (exact) mass is 402 g/mol. The number of amides is 1. The van der Waals surface area contributed by atoms with Gasteiger partial charge in [0.05, 0.1) is 6.61 Å². The van der Waals surface area contributed by atoms with Crippen LogP contribution in [0.2, 0.25) is 0 Å². The predicted octanol–water partition coefficient (Wildman–Crippen LogP) is 4.57. The molecule has 1 saturated carbocycles. The molecule has 0 heterocycles. The number of hydrogen-bond donors (Lipinski definition) is 2. The average Bonchev–Trinajstić information content (AvgIpc) is 2.73. The molecule has 1 fully saturated rings. The van der Waals surface area contributed by atoms with Crippen LogP contribution in [0, 0.1) is 5.92 Å². The third-order valence-electron chi connectivity index (χ3n) is 5.43. The molecule has 0 unspecified atom stereocenters. The number of rotatable bonds is 7. The number of halogens is 1. The zero-order valence-electron chi connectivity index (χ0n) is 16.7. The summed E-state index contributed by atoms with van der Waals surface area (Å²) in [5.41, 5.74) is 3.33. The fourth-order valence-corrected chi connectivity index (χ4v) is 3.80. The fraction of sp³-hybridized carbons (Fsp3) is 0.435. The maximum Gasteiger partial charge on any atom is 0.223 e. The molecule has 0 atom stereocenters. The van der Waals surface area contributed by atoms with Crippen LogP contribution in [-0.2, 0) is 11.3 Å². The summed E-state index contributed by atoms with van der Waals surface area (Å²) in [6, 6.07) is 17.0. The second-order valence-electron chi connectivity index (χ2n) is 7.18. The van der Waals surface area contributed by atoms with Crippen LogP contribution in [0.4, 0.5) is 0 Å². The van der Waals surface area contributed by atoms with Crippen LogP contribution in [0.3, 0.4) is 0 Å². The Bertz CT molecular complexity index is 744. The minimum absolute atomic E-state index is 0. The van der Waals surface area contributed by atoms with E-state index in [2.05, 4.69) is 34.9 Å². The Morgan fingerprint density at radius 3 is 2.39 bits per heavy atom. The summed E-state index contributed by atoms with van der Waals surface area (Å²) in [6.45, 7) is 3.09. The Balaban J connectivity index is 0.00000280. The first-order chi connectivity index (χ1) is 13.2. The topological polar surface area (TPSA) is 50.4 Å². The first-order valence-corrected chi connectivity index (χ1v) is 9.97. The van der Waals surface area contributed by atoms with E-state index < -0.39 is 0 Å². The highest BCUT2D eigenvalue weighted by Crippen LogP contribution is 2.28. The molecule has 1 aliphatic rings. The van der Waals surface area contributed by atoms with Crippen LogP contribution in [0.1, 0.15) is 38.2 Å². The van der Waals surface area contributed by atoms with Crippen molar-refractivity contribution >= 4 is 18.3 Å². The van der Waals surface area contributed by atoms with Gasteiger partial charge in [0.15, 0.2) is 0 Å². The van der Waals surface area contributed by atoms with Crippen LogP contribution < -0.4 is 15.4 Å². The summed E-state index contributed by atoms with van der Waals surface area (Å²) >= 11 is 0. The van der Waals surface area contributed by atoms with Crippen molar-refractivity contribution in [2.24, 2.45) is 5.92 Å². The number of carbonyl (C=O) groups is 1. The predicted molar refractivity (Wildman–Crippen MR) is 117 cm³/mol. The second-order valence-corrected chi connectivity index (χ2v) is 7.18. The highest BCUT2D eigenvalue weighted by molar-refractivity contribution is 5.85. The molecule has 1 amide bonds. The molecule has 2 N–H and O–H groups in total. The minimum atomic E-state index is 0. The molecular formula is C23H31ClN2O2. The van der Waals surface area contributed by atoms with E-state index in [0.717, 1.165) is 42.6 Å². The van der Waals surface area contributed by atoms with Gasteiger partial charge in [0.1, 0.15) is 5.75 Å². The molecule has 152 valence electrons. The molecule has 3 rings (SSSR count). The van der Waals surface area contributed by atoms with Gasteiger partial charge in [0.2, 0.25) is 5.91 Å². The van der Waals surface area contributed by atoms with E-state index in [0.29, 0.717) is 19.2 Å². The number of hydrogen-bond acceptors (Lipinski definition) is 3. The molecule has 2 aromatic carbocycles. The third kappa shape index (κ3) is 5.73. The molecule has 1 aliphatic carbocycles. The van der Waals surface area contributed by atoms with E-state index in [1.165, 1.54) is 5.56 Å². The molecule has 2 aromatic rings. The SMILES string of the molecule is CCOc1ccc(-c2ccccc2)cc1CNC(=O)C1CCC(NC)CC1.Cl. The highest BCUT2D eigenvalue weighted by atomic mass is 35.5. The quantitative estimate of drug-likeness (QED) is 0.713. The van der Waals surface area contributed by atoms with Crippen LogP contribution >= 0.6 is 12.4 Å². The van der Waals surface area contributed by atoms with E-state index in [9.17, 15) is 4.79 Å². The van der Waals surface area contributed by atoms with Crippen molar-refractivity contribution in [3.05, 3.63) is 54.1 Å². The lowest BCUT2D eigenvalue weighted by atomic mass is 9.85. The van der Waals surface area contributed by atoms with Gasteiger partial charge < -0.3 is 15.4 Å². The van der Waals surface area contributed by atoms with Crippen molar-refractivity contribution in [3.63, 3.8) is 0 Å². The number of ether oxygens (including phenoxy) is 1. The van der Waals surface area contributed by atoms with Gasteiger partial charge in [-0.1, -0.05) is 36.4 Å². The maximum atomic E-state index is 12.6. The highest BCUT2D eigenvalue weighted by Gasteiger charge is 2.25. The summed E-state index contributed by atoms with van der Waals surface area (Å²) in [5.74, 6) is 1.14. The Labute approximate surface area is 174 Å². The number of carbonyl (C=O) groups excluding carboxylic acids is 1. The van der Waals surface area contributed by atoms with Crippen LogP contribution in [0.5, 0.6) is 5.75 Å². The minimum Gasteiger partial charge on any atom is -0.494 e. The largest absolute Gasteiger partial charge is 0.494 e. The summed E-state index contributed by atoms with van der Waals surface area (Å²) in [6.07, 6.45) is 4.06. The summed E-state index contributed by atoms with van der Waals surface area (Å²) in [7, 11) is 2.00. The lowest BCUT2D eigenvalue weighted by molar-refractivity contribution is -0.126. The molecule has 0 radical (unpaired) electrons. The maximum absolute atomic E-state index is 12.6. The lowest BCUT2D eigenvalue weighted by Crippen LogP contribution is -2.37. The fourth-order valence-electron chi connectivity index (χ4n) is 3.80. The second kappa shape index (κ2) is 11.1. The number of nitrogens with one attached hydrogen (secondary N) is 2. The van der Waals surface area contributed by atoms with Crippen molar-refractivity contribution in [2.75, 3.05) is 13.7 Å². The van der Waals surface area contributed by atoms with Crippen molar-refractivity contribution in [1.29, 1.82) is 0 Å². The Morgan fingerprint density at radius 2 is 1.75 bits per heavy atom. The van der Waals surface area contributed by atoms with Crippen LogP contribution in [0.15, 0.2) is 48.5 Å². The van der Waals surface area contributed by atoms with Crippen molar-refractivity contribution in [2.45, 2.75) is 45.2 Å². The van der Waals surface area contributed by atoms with Gasteiger partial charge >= 0.3 is 0 Å². The van der Waals surface area contributed by atoms with E-state index in [1.54, 1.807) is 0 Å². The van der Waals surface area contributed by atoms with E-state index in [4.69, 9.17) is 4.74 Å². The lowest BCUT2D eigenvalue weighted by Gasteiger charge is -2.27. The first kappa shape index (κ1) is 22.3. The number of benzene rings is 2. The van der Waals surface area contributed by atoms with Crippen LogP contribution in [-0.4, -0.2) is 25.6 Å². The zero-order chi connectivity index (χ0) is 19.1. The van der Waals surface area contributed by atoms with Crippen LogP contribution in [0.25, 0.3) is 11.1 Å². The van der Waals surface area contributed by atoms with E-state index in [-0.39, 0.29) is 24.2 Å². The standard InChI is InChI=1S/C23H30N2O2.ClH/c1-3-27-22-14-11-19(17-7-5-4-6-8-17)15-20(22)16-25-23(26)18-9-12-21(24-2)13-10-18;/h4-8,11,14-15,18,21,24H,3,9-10,12-13,16H2,1-2H3,(H,25,26);1H. The van der Waals surface area contributed by atoms with Gasteiger partial charge in [-0.3, -0.25) is 4.79 Å². The molecule has 0 aromatic heterocycles. The Morgan fingerprint density at radius 1 is 1.04 bits per heavy atom.